The molecular formula is C15H21FN2. The van der Waals surface area contributed by atoms with Crippen molar-refractivity contribution in [3.8, 4) is 0 Å². The Bertz CT molecular complexity index is 415. The maximum Gasteiger partial charge on any atom is 0.123 e. The number of halogens is 1. The van der Waals surface area contributed by atoms with Crippen LogP contribution in [0.3, 0.4) is 0 Å². The summed E-state index contributed by atoms with van der Waals surface area (Å²) in [6, 6.07) is 6.52. The molecule has 2 nitrogen and oxygen atoms in total. The summed E-state index contributed by atoms with van der Waals surface area (Å²) >= 11 is 0. The van der Waals surface area contributed by atoms with Crippen LogP contribution in [0.2, 0.25) is 0 Å². The van der Waals surface area contributed by atoms with Gasteiger partial charge in [-0.1, -0.05) is 32.4 Å². The first-order valence-corrected chi connectivity index (χ1v) is 6.40. The van der Waals surface area contributed by atoms with Gasteiger partial charge < -0.3 is 10.8 Å². The normalized spacial score (nSPS) is 13.9. The minimum Gasteiger partial charge on any atom is -0.313 e. The van der Waals surface area contributed by atoms with Crippen molar-refractivity contribution < 1.29 is 4.39 Å². The number of rotatable bonds is 7. The Morgan fingerprint density at radius 3 is 2.72 bits per heavy atom. The second-order valence-electron chi connectivity index (χ2n) is 4.73. The van der Waals surface area contributed by atoms with Crippen LogP contribution in [0.25, 0.3) is 0 Å². The molecule has 0 aliphatic rings. The number of hydrogen-bond donors (Lipinski definition) is 2. The minimum atomic E-state index is -0.244. The molecule has 0 aliphatic heterocycles. The van der Waals surface area contributed by atoms with Crippen LogP contribution in [0, 0.1) is 22.6 Å². The van der Waals surface area contributed by atoms with E-state index in [1.165, 1.54) is 18.3 Å². The van der Waals surface area contributed by atoms with E-state index < -0.39 is 0 Å². The molecule has 0 saturated carbocycles. The van der Waals surface area contributed by atoms with Gasteiger partial charge in [-0.15, -0.1) is 0 Å². The minimum absolute atomic E-state index is 0.0224. The van der Waals surface area contributed by atoms with Crippen molar-refractivity contribution in [1.82, 2.24) is 0 Å². The molecule has 1 rings (SSSR count). The third kappa shape index (κ3) is 4.06. The van der Waals surface area contributed by atoms with E-state index in [9.17, 15) is 4.39 Å². The van der Waals surface area contributed by atoms with Crippen molar-refractivity contribution in [2.75, 3.05) is 0 Å². The third-order valence-electron chi connectivity index (χ3n) is 3.26. The van der Waals surface area contributed by atoms with Crippen LogP contribution in [0.15, 0.2) is 24.3 Å². The molecule has 0 amide bonds. The molecule has 1 aromatic rings. The Morgan fingerprint density at radius 2 is 2.17 bits per heavy atom. The molecule has 2 atom stereocenters. The van der Waals surface area contributed by atoms with Crippen LogP contribution in [0.1, 0.15) is 44.6 Å². The van der Waals surface area contributed by atoms with Gasteiger partial charge in [-0.05, 0) is 42.7 Å². The largest absolute Gasteiger partial charge is 0.313 e. The fourth-order valence-electron chi connectivity index (χ4n) is 2.11. The lowest BCUT2D eigenvalue weighted by atomic mass is 9.84. The van der Waals surface area contributed by atoms with E-state index in [1.807, 2.05) is 19.9 Å². The zero-order valence-electron chi connectivity index (χ0n) is 11.0. The highest BCUT2D eigenvalue weighted by molar-refractivity contribution is 5.84. The second kappa shape index (κ2) is 7.04. The molecule has 0 fully saturated rings. The number of hydrogen-bond acceptors (Lipinski definition) is 2. The summed E-state index contributed by atoms with van der Waals surface area (Å²) < 4.78 is 13.2. The van der Waals surface area contributed by atoms with Gasteiger partial charge in [-0.25, -0.2) is 4.39 Å². The van der Waals surface area contributed by atoms with Crippen molar-refractivity contribution in [1.29, 1.82) is 10.8 Å². The Labute approximate surface area is 108 Å². The molecule has 0 aromatic heterocycles. The smallest absolute Gasteiger partial charge is 0.123 e. The van der Waals surface area contributed by atoms with Gasteiger partial charge in [0.2, 0.25) is 0 Å². The summed E-state index contributed by atoms with van der Waals surface area (Å²) in [5.74, 6) is -0.201. The average Bonchev–Trinajstić information content (AvgIpc) is 2.35. The van der Waals surface area contributed by atoms with Crippen molar-refractivity contribution in [2.45, 2.75) is 39.0 Å². The summed E-state index contributed by atoms with van der Waals surface area (Å²) in [4.78, 5) is 0. The predicted octanol–water partition coefficient (Wildman–Crippen LogP) is 4.40. The van der Waals surface area contributed by atoms with Crippen molar-refractivity contribution in [3.05, 3.63) is 35.6 Å². The van der Waals surface area contributed by atoms with Gasteiger partial charge in [-0.3, -0.25) is 0 Å². The lowest BCUT2D eigenvalue weighted by Gasteiger charge is -2.20. The first-order valence-electron chi connectivity index (χ1n) is 6.40. The van der Waals surface area contributed by atoms with Crippen LogP contribution in [0.4, 0.5) is 4.39 Å². The van der Waals surface area contributed by atoms with E-state index in [2.05, 4.69) is 0 Å². The molecule has 3 heteroatoms. The topological polar surface area (TPSA) is 47.7 Å². The van der Waals surface area contributed by atoms with E-state index in [1.54, 1.807) is 6.07 Å². The summed E-state index contributed by atoms with van der Waals surface area (Å²) in [7, 11) is 0. The highest BCUT2D eigenvalue weighted by Crippen LogP contribution is 2.26. The third-order valence-corrected chi connectivity index (χ3v) is 3.26. The number of benzene rings is 1. The maximum absolute atomic E-state index is 13.2. The van der Waals surface area contributed by atoms with E-state index in [-0.39, 0.29) is 17.7 Å². The lowest BCUT2D eigenvalue weighted by Crippen LogP contribution is -2.16. The molecular weight excluding hydrogens is 227 g/mol. The quantitative estimate of drug-likeness (QED) is 0.672. The SMILES string of the molecule is CCCC(=N)CC(C=N)C(C)c1cccc(F)c1. The summed E-state index contributed by atoms with van der Waals surface area (Å²) in [6.45, 7) is 4.04. The van der Waals surface area contributed by atoms with Crippen LogP contribution in [0.5, 0.6) is 0 Å². The fourth-order valence-corrected chi connectivity index (χ4v) is 2.11. The van der Waals surface area contributed by atoms with Crippen LogP contribution in [-0.4, -0.2) is 11.9 Å². The Balaban J connectivity index is 2.76. The van der Waals surface area contributed by atoms with Gasteiger partial charge in [0.25, 0.3) is 0 Å². The second-order valence-corrected chi connectivity index (χ2v) is 4.73. The molecule has 0 spiro atoms. The summed E-state index contributed by atoms with van der Waals surface area (Å²) in [6.07, 6.45) is 3.72. The van der Waals surface area contributed by atoms with Gasteiger partial charge >= 0.3 is 0 Å². The lowest BCUT2D eigenvalue weighted by molar-refractivity contribution is 0.581. The first-order chi connectivity index (χ1) is 8.58. The molecule has 2 N–H and O–H groups in total. The molecule has 2 unspecified atom stereocenters. The molecule has 0 aliphatic carbocycles. The Kier molecular flexibility index (Phi) is 5.69. The first kappa shape index (κ1) is 14.6. The summed E-state index contributed by atoms with van der Waals surface area (Å²) in [5, 5.41) is 15.3. The van der Waals surface area contributed by atoms with Crippen molar-refractivity contribution >= 4 is 11.9 Å². The Morgan fingerprint density at radius 1 is 1.44 bits per heavy atom. The molecule has 98 valence electrons. The van der Waals surface area contributed by atoms with Crippen LogP contribution in [-0.2, 0) is 0 Å². The molecule has 0 saturated heterocycles. The fraction of sp³-hybridized carbons (Fsp3) is 0.467. The van der Waals surface area contributed by atoms with E-state index in [0.717, 1.165) is 18.4 Å². The van der Waals surface area contributed by atoms with E-state index >= 15 is 0 Å². The van der Waals surface area contributed by atoms with Crippen molar-refractivity contribution in [3.63, 3.8) is 0 Å². The molecule has 0 bridgehead atoms. The number of nitrogens with one attached hydrogen (secondary N) is 2. The van der Waals surface area contributed by atoms with Gasteiger partial charge in [0.15, 0.2) is 0 Å². The van der Waals surface area contributed by atoms with Gasteiger partial charge in [0.05, 0.1) is 0 Å². The standard InChI is InChI=1S/C15H21FN2/c1-3-5-15(18)9-13(10-17)11(2)12-6-4-7-14(16)8-12/h4,6-8,10-11,13,17-18H,3,5,9H2,1-2H3. The molecule has 18 heavy (non-hydrogen) atoms. The van der Waals surface area contributed by atoms with Crippen LogP contribution < -0.4 is 0 Å². The average molecular weight is 248 g/mol. The highest BCUT2D eigenvalue weighted by Gasteiger charge is 2.18. The predicted molar refractivity (Wildman–Crippen MR) is 74.3 cm³/mol. The zero-order chi connectivity index (χ0) is 13.5. The maximum atomic E-state index is 13.2. The van der Waals surface area contributed by atoms with Crippen LogP contribution >= 0.6 is 0 Å². The van der Waals surface area contributed by atoms with Gasteiger partial charge in [0.1, 0.15) is 5.82 Å². The summed E-state index contributed by atoms with van der Waals surface area (Å²) in [5.41, 5.74) is 1.57. The monoisotopic (exact) mass is 248 g/mol. The van der Waals surface area contributed by atoms with E-state index in [0.29, 0.717) is 12.1 Å². The van der Waals surface area contributed by atoms with E-state index in [4.69, 9.17) is 10.8 Å². The molecule has 1 aromatic carbocycles. The van der Waals surface area contributed by atoms with Crippen molar-refractivity contribution in [2.24, 2.45) is 5.92 Å². The van der Waals surface area contributed by atoms with Gasteiger partial charge in [0, 0.05) is 11.6 Å². The van der Waals surface area contributed by atoms with Gasteiger partial charge in [-0.2, -0.15) is 0 Å². The zero-order valence-corrected chi connectivity index (χ0v) is 11.0. The molecule has 0 heterocycles. The highest BCUT2D eigenvalue weighted by atomic mass is 19.1. The molecule has 0 radical (unpaired) electrons. The Hall–Kier alpha value is -1.51.